The van der Waals surface area contributed by atoms with Gasteiger partial charge in [0.2, 0.25) is 0 Å². The van der Waals surface area contributed by atoms with Gasteiger partial charge >= 0.3 is 5.97 Å². The molecule has 1 heterocycles. The summed E-state index contributed by atoms with van der Waals surface area (Å²) in [6.07, 6.45) is -3.28. The van der Waals surface area contributed by atoms with Crippen LogP contribution in [0.1, 0.15) is 25.0 Å². The van der Waals surface area contributed by atoms with Crippen LogP contribution in [-0.4, -0.2) is 60.4 Å². The Balaban J connectivity index is 1.60. The van der Waals surface area contributed by atoms with Crippen LogP contribution in [0.15, 0.2) is 71.8 Å². The minimum atomic E-state index is -1.01. The summed E-state index contributed by atoms with van der Waals surface area (Å²) in [7, 11) is 0. The monoisotopic (exact) mass is 502 g/mol. The Hall–Kier alpha value is -2.26. The van der Waals surface area contributed by atoms with Crippen molar-refractivity contribution in [3.63, 3.8) is 0 Å². The standard InChI is InChI=1S/C27H31ClO7/c1-27(2)34-25-23(30)20(16-31-14-18-9-5-3-6-10-18)21(17-32-15-19-11-7-4-8-12-19)24(26(25)35-27)33-22(29)13-28/h3-12,23-26,30H,13-17H2,1-2H3/t23-,24+,25+,26-/m1/s1. The number of carbonyl (C=O) groups is 1. The number of fused-ring (bicyclic) bond motifs is 1. The molecule has 2 aromatic rings. The van der Waals surface area contributed by atoms with Crippen molar-refractivity contribution in [1.82, 2.24) is 0 Å². The molecule has 0 saturated carbocycles. The zero-order valence-electron chi connectivity index (χ0n) is 19.9. The maximum absolute atomic E-state index is 12.3. The van der Waals surface area contributed by atoms with E-state index in [-0.39, 0.29) is 19.1 Å². The third-order valence-corrected chi connectivity index (χ3v) is 6.21. The number of hydrogen-bond donors (Lipinski definition) is 1. The first-order valence-electron chi connectivity index (χ1n) is 11.6. The zero-order chi connectivity index (χ0) is 24.8. The Kier molecular flexibility index (Phi) is 8.59. The predicted molar refractivity (Wildman–Crippen MR) is 130 cm³/mol. The lowest BCUT2D eigenvalue weighted by Crippen LogP contribution is -2.52. The van der Waals surface area contributed by atoms with Crippen molar-refractivity contribution in [2.75, 3.05) is 19.1 Å². The predicted octanol–water partition coefficient (Wildman–Crippen LogP) is 3.76. The summed E-state index contributed by atoms with van der Waals surface area (Å²) in [5.74, 6) is -1.86. The molecule has 0 spiro atoms. The molecule has 0 amide bonds. The molecule has 7 nitrogen and oxygen atoms in total. The molecule has 1 saturated heterocycles. The zero-order valence-corrected chi connectivity index (χ0v) is 20.6. The van der Waals surface area contributed by atoms with Gasteiger partial charge in [0.15, 0.2) is 11.9 Å². The molecule has 8 heteroatoms. The SMILES string of the molecule is CC1(C)O[C@@H]2[C@H](O1)[C@@H](OC(=O)CCl)C(COCc1ccccc1)=C(COCc1ccccc1)[C@H]2O. The van der Waals surface area contributed by atoms with E-state index in [9.17, 15) is 9.90 Å². The molecular weight excluding hydrogens is 472 g/mol. The highest BCUT2D eigenvalue weighted by atomic mass is 35.5. The summed E-state index contributed by atoms with van der Waals surface area (Å²) in [4.78, 5) is 12.3. The number of aliphatic hydroxyl groups excluding tert-OH is 1. The molecule has 35 heavy (non-hydrogen) atoms. The number of benzene rings is 2. The van der Waals surface area contributed by atoms with Gasteiger partial charge in [-0.05, 0) is 30.5 Å². The fraction of sp³-hybridized carbons (Fsp3) is 0.444. The van der Waals surface area contributed by atoms with E-state index < -0.39 is 36.2 Å². The van der Waals surface area contributed by atoms with Crippen LogP contribution < -0.4 is 0 Å². The fourth-order valence-corrected chi connectivity index (χ4v) is 4.50. The normalized spacial score (nSPS) is 25.4. The number of ether oxygens (including phenoxy) is 5. The number of alkyl halides is 1. The molecule has 1 aliphatic carbocycles. The lowest BCUT2D eigenvalue weighted by Gasteiger charge is -2.38. The second-order valence-corrected chi connectivity index (χ2v) is 9.33. The number of rotatable bonds is 10. The van der Waals surface area contributed by atoms with E-state index in [0.717, 1.165) is 11.1 Å². The van der Waals surface area contributed by atoms with E-state index in [1.165, 1.54) is 0 Å². The Bertz CT molecular complexity index is 1010. The van der Waals surface area contributed by atoms with E-state index in [2.05, 4.69) is 0 Å². The van der Waals surface area contributed by atoms with Gasteiger partial charge in [-0.15, -0.1) is 11.6 Å². The number of hydrogen-bond acceptors (Lipinski definition) is 7. The van der Waals surface area contributed by atoms with Crippen LogP contribution in [0.4, 0.5) is 0 Å². The lowest BCUT2D eigenvalue weighted by atomic mass is 9.83. The van der Waals surface area contributed by atoms with Gasteiger partial charge in [0.25, 0.3) is 0 Å². The van der Waals surface area contributed by atoms with Gasteiger partial charge in [-0.25, -0.2) is 0 Å². The van der Waals surface area contributed by atoms with Crippen LogP contribution >= 0.6 is 11.6 Å². The van der Waals surface area contributed by atoms with Crippen LogP contribution in [0, 0.1) is 0 Å². The van der Waals surface area contributed by atoms with Crippen molar-refractivity contribution in [3.05, 3.63) is 82.9 Å². The van der Waals surface area contributed by atoms with Gasteiger partial charge in [-0.2, -0.15) is 0 Å². The summed E-state index contributed by atoms with van der Waals surface area (Å²) in [5, 5.41) is 11.3. The molecule has 4 atom stereocenters. The average molecular weight is 503 g/mol. The summed E-state index contributed by atoms with van der Waals surface area (Å²) in [6, 6.07) is 19.5. The topological polar surface area (TPSA) is 83.5 Å². The molecule has 2 aliphatic rings. The molecule has 1 N–H and O–H groups in total. The highest BCUT2D eigenvalue weighted by Crippen LogP contribution is 2.41. The molecule has 0 aromatic heterocycles. The van der Waals surface area contributed by atoms with E-state index in [0.29, 0.717) is 24.4 Å². The molecule has 1 fully saturated rings. The number of aliphatic hydroxyl groups is 1. The molecule has 1 aliphatic heterocycles. The van der Waals surface area contributed by atoms with E-state index in [4.69, 9.17) is 35.3 Å². The van der Waals surface area contributed by atoms with Crippen LogP contribution in [0.5, 0.6) is 0 Å². The second-order valence-electron chi connectivity index (χ2n) is 9.06. The summed E-state index contributed by atoms with van der Waals surface area (Å²) in [5.41, 5.74) is 3.16. The highest BCUT2D eigenvalue weighted by Gasteiger charge is 2.55. The quantitative estimate of drug-likeness (QED) is 0.301. The molecule has 0 unspecified atom stereocenters. The maximum atomic E-state index is 12.3. The Labute approximate surface area is 210 Å². The summed E-state index contributed by atoms with van der Waals surface area (Å²) in [6.45, 7) is 4.46. The molecule has 188 valence electrons. The van der Waals surface area contributed by atoms with E-state index in [1.807, 2.05) is 60.7 Å². The van der Waals surface area contributed by atoms with Gasteiger partial charge in [0, 0.05) is 5.57 Å². The number of halogens is 1. The van der Waals surface area contributed by atoms with Gasteiger partial charge in [-0.3, -0.25) is 4.79 Å². The Morgan fingerprint density at radius 1 is 0.857 bits per heavy atom. The Morgan fingerprint density at radius 3 is 1.91 bits per heavy atom. The highest BCUT2D eigenvalue weighted by molar-refractivity contribution is 6.26. The van der Waals surface area contributed by atoms with Crippen LogP contribution in [0.2, 0.25) is 0 Å². The number of esters is 1. The van der Waals surface area contributed by atoms with Crippen LogP contribution in [-0.2, 0) is 41.7 Å². The maximum Gasteiger partial charge on any atom is 0.321 e. The lowest BCUT2D eigenvalue weighted by molar-refractivity contribution is -0.166. The third kappa shape index (κ3) is 6.50. The van der Waals surface area contributed by atoms with Crippen molar-refractivity contribution >= 4 is 17.6 Å². The molecular formula is C27H31ClO7. The first kappa shape index (κ1) is 25.8. The van der Waals surface area contributed by atoms with E-state index in [1.54, 1.807) is 13.8 Å². The van der Waals surface area contributed by atoms with E-state index >= 15 is 0 Å². The second kappa shape index (κ2) is 11.6. The smallest absolute Gasteiger partial charge is 0.321 e. The summed E-state index contributed by atoms with van der Waals surface area (Å²) < 4.78 is 29.8. The fourth-order valence-electron chi connectivity index (χ4n) is 4.44. The van der Waals surface area contributed by atoms with Crippen molar-refractivity contribution < 1.29 is 33.6 Å². The van der Waals surface area contributed by atoms with Crippen molar-refractivity contribution in [2.45, 2.75) is 57.3 Å². The van der Waals surface area contributed by atoms with Crippen molar-refractivity contribution in [1.29, 1.82) is 0 Å². The van der Waals surface area contributed by atoms with Crippen molar-refractivity contribution in [3.8, 4) is 0 Å². The third-order valence-electron chi connectivity index (χ3n) is 5.99. The van der Waals surface area contributed by atoms with Crippen LogP contribution in [0.25, 0.3) is 0 Å². The van der Waals surface area contributed by atoms with Gasteiger partial charge in [0.1, 0.15) is 24.2 Å². The first-order valence-corrected chi connectivity index (χ1v) is 12.2. The largest absolute Gasteiger partial charge is 0.454 e. The number of carbonyl (C=O) groups excluding carboxylic acids is 1. The van der Waals surface area contributed by atoms with Gasteiger partial charge in [0.05, 0.1) is 26.4 Å². The minimum absolute atomic E-state index is 0.113. The summed E-state index contributed by atoms with van der Waals surface area (Å²) >= 11 is 5.75. The molecule has 0 radical (unpaired) electrons. The Morgan fingerprint density at radius 2 is 1.37 bits per heavy atom. The molecule has 4 rings (SSSR count). The van der Waals surface area contributed by atoms with Gasteiger partial charge in [-0.1, -0.05) is 60.7 Å². The van der Waals surface area contributed by atoms with Crippen molar-refractivity contribution in [2.24, 2.45) is 0 Å². The molecule has 0 bridgehead atoms. The molecule has 2 aromatic carbocycles. The first-order chi connectivity index (χ1) is 16.9. The minimum Gasteiger partial charge on any atom is -0.454 e. The van der Waals surface area contributed by atoms with Gasteiger partial charge < -0.3 is 28.8 Å². The average Bonchev–Trinajstić information content (AvgIpc) is 3.19. The van der Waals surface area contributed by atoms with Crippen LogP contribution in [0.3, 0.4) is 0 Å².